The minimum Gasteiger partial charge on any atom is -0.398 e. The minimum atomic E-state index is 0.708. The van der Waals surface area contributed by atoms with Crippen molar-refractivity contribution in [1.29, 1.82) is 0 Å². The van der Waals surface area contributed by atoms with E-state index in [0.29, 0.717) is 5.69 Å². The second-order valence-corrected chi connectivity index (χ2v) is 2.30. The average molecular weight is 149 g/mol. The lowest BCUT2D eigenvalue weighted by Crippen LogP contribution is -2.02. The van der Waals surface area contributed by atoms with Crippen LogP contribution in [0.3, 0.4) is 0 Å². The highest BCUT2D eigenvalue weighted by Gasteiger charge is 1.99. The van der Waals surface area contributed by atoms with Crippen molar-refractivity contribution >= 4 is 11.4 Å². The van der Waals surface area contributed by atoms with Crippen molar-refractivity contribution in [3.05, 3.63) is 29.8 Å². The van der Waals surface area contributed by atoms with Gasteiger partial charge in [-0.2, -0.15) is 5.10 Å². The van der Waals surface area contributed by atoms with Crippen molar-refractivity contribution < 1.29 is 0 Å². The van der Waals surface area contributed by atoms with Crippen LogP contribution in [-0.4, -0.2) is 5.71 Å². The Morgan fingerprint density at radius 2 is 2.00 bits per heavy atom. The van der Waals surface area contributed by atoms with Crippen LogP contribution in [0.25, 0.3) is 0 Å². The highest BCUT2D eigenvalue weighted by Crippen LogP contribution is 2.10. The van der Waals surface area contributed by atoms with Crippen molar-refractivity contribution in [3.8, 4) is 0 Å². The standard InChI is InChI=1S/C8H11N3/c1-6(11-10)7-4-2-3-5-8(7)9/h2-5H,9-10H2,1H3. The number of benzene rings is 1. The van der Waals surface area contributed by atoms with Crippen molar-refractivity contribution in [2.24, 2.45) is 10.9 Å². The van der Waals surface area contributed by atoms with E-state index in [-0.39, 0.29) is 0 Å². The van der Waals surface area contributed by atoms with Crippen molar-refractivity contribution in [1.82, 2.24) is 0 Å². The predicted molar refractivity (Wildman–Crippen MR) is 47.3 cm³/mol. The molecule has 11 heavy (non-hydrogen) atoms. The Hall–Kier alpha value is -1.51. The predicted octanol–water partition coefficient (Wildman–Crippen LogP) is 0.952. The number of anilines is 1. The van der Waals surface area contributed by atoms with Crippen molar-refractivity contribution in [2.75, 3.05) is 5.73 Å². The third-order valence-corrected chi connectivity index (χ3v) is 1.54. The third-order valence-electron chi connectivity index (χ3n) is 1.54. The molecule has 0 unspecified atom stereocenters. The van der Waals surface area contributed by atoms with E-state index >= 15 is 0 Å². The topological polar surface area (TPSA) is 64.4 Å². The molecule has 0 atom stereocenters. The van der Waals surface area contributed by atoms with Gasteiger partial charge in [-0.1, -0.05) is 18.2 Å². The smallest absolute Gasteiger partial charge is 0.0662 e. The van der Waals surface area contributed by atoms with Gasteiger partial charge in [0.05, 0.1) is 5.71 Å². The second-order valence-electron chi connectivity index (χ2n) is 2.30. The van der Waals surface area contributed by atoms with E-state index in [1.54, 1.807) is 0 Å². The molecule has 0 amide bonds. The Balaban J connectivity index is 3.14. The zero-order valence-corrected chi connectivity index (χ0v) is 6.41. The number of rotatable bonds is 1. The van der Waals surface area contributed by atoms with E-state index in [9.17, 15) is 0 Å². The van der Waals surface area contributed by atoms with Gasteiger partial charge >= 0.3 is 0 Å². The summed E-state index contributed by atoms with van der Waals surface area (Å²) in [5, 5.41) is 3.56. The Bertz CT molecular complexity index is 278. The highest BCUT2D eigenvalue weighted by molar-refractivity contribution is 6.02. The van der Waals surface area contributed by atoms with Crippen LogP contribution in [0.5, 0.6) is 0 Å². The van der Waals surface area contributed by atoms with Gasteiger partial charge in [0.25, 0.3) is 0 Å². The van der Waals surface area contributed by atoms with Crippen LogP contribution < -0.4 is 11.6 Å². The Morgan fingerprint density at radius 1 is 1.36 bits per heavy atom. The molecule has 0 radical (unpaired) electrons. The normalized spacial score (nSPS) is 11.5. The third kappa shape index (κ3) is 1.49. The van der Waals surface area contributed by atoms with Crippen LogP contribution in [0.15, 0.2) is 29.4 Å². The lowest BCUT2D eigenvalue weighted by atomic mass is 10.1. The molecular weight excluding hydrogens is 138 g/mol. The number of hydrogen-bond donors (Lipinski definition) is 2. The van der Waals surface area contributed by atoms with Crippen LogP contribution >= 0.6 is 0 Å². The molecule has 3 heteroatoms. The van der Waals surface area contributed by atoms with Gasteiger partial charge in [-0.3, -0.25) is 0 Å². The van der Waals surface area contributed by atoms with Gasteiger partial charge in [0.1, 0.15) is 0 Å². The van der Waals surface area contributed by atoms with Crippen LogP contribution in [-0.2, 0) is 0 Å². The molecule has 0 heterocycles. The van der Waals surface area contributed by atoms with Crippen LogP contribution in [0.1, 0.15) is 12.5 Å². The molecule has 58 valence electrons. The molecule has 4 N–H and O–H groups in total. The van der Waals surface area contributed by atoms with E-state index in [2.05, 4.69) is 5.10 Å². The maximum Gasteiger partial charge on any atom is 0.0662 e. The molecule has 0 spiro atoms. The lowest BCUT2D eigenvalue weighted by Gasteiger charge is -2.01. The number of nitrogens with two attached hydrogens (primary N) is 2. The summed E-state index contributed by atoms with van der Waals surface area (Å²) in [6.45, 7) is 1.83. The highest BCUT2D eigenvalue weighted by atomic mass is 15.1. The molecule has 0 aliphatic rings. The summed E-state index contributed by atoms with van der Waals surface area (Å²) in [5.41, 5.74) is 8.02. The summed E-state index contributed by atoms with van der Waals surface area (Å²) in [7, 11) is 0. The second kappa shape index (κ2) is 3.05. The summed E-state index contributed by atoms with van der Waals surface area (Å²) in [4.78, 5) is 0. The maximum atomic E-state index is 5.66. The Kier molecular flexibility index (Phi) is 2.11. The van der Waals surface area contributed by atoms with E-state index in [0.717, 1.165) is 11.3 Å². The molecule has 1 rings (SSSR count). The van der Waals surface area contributed by atoms with Crippen LogP contribution in [0.4, 0.5) is 5.69 Å². The van der Waals surface area contributed by atoms with Gasteiger partial charge in [-0.05, 0) is 13.0 Å². The molecule has 0 saturated carbocycles. The quantitative estimate of drug-likeness (QED) is 0.270. The molecule has 0 aliphatic heterocycles. The summed E-state index contributed by atoms with van der Waals surface area (Å²) in [6.07, 6.45) is 0. The molecule has 1 aromatic carbocycles. The zero-order valence-electron chi connectivity index (χ0n) is 6.41. The Morgan fingerprint density at radius 3 is 2.55 bits per heavy atom. The van der Waals surface area contributed by atoms with Gasteiger partial charge in [0.2, 0.25) is 0 Å². The number of hydrazone groups is 1. The average Bonchev–Trinajstić information content (AvgIpc) is 2.04. The maximum absolute atomic E-state index is 5.66. The first kappa shape index (κ1) is 7.60. The van der Waals surface area contributed by atoms with E-state index in [1.165, 1.54) is 0 Å². The van der Waals surface area contributed by atoms with Gasteiger partial charge in [0.15, 0.2) is 0 Å². The lowest BCUT2D eigenvalue weighted by molar-refractivity contribution is 1.24. The Labute approximate surface area is 65.7 Å². The summed E-state index contributed by atoms with van der Waals surface area (Å²) < 4.78 is 0. The first-order valence-electron chi connectivity index (χ1n) is 3.35. The van der Waals surface area contributed by atoms with Gasteiger partial charge in [0, 0.05) is 11.3 Å². The number of para-hydroxylation sites is 1. The molecular formula is C8H11N3. The van der Waals surface area contributed by atoms with Gasteiger partial charge < -0.3 is 11.6 Å². The summed E-state index contributed by atoms with van der Waals surface area (Å²) in [5.74, 6) is 5.11. The fourth-order valence-electron chi connectivity index (χ4n) is 0.896. The molecule has 0 aromatic heterocycles. The number of nitrogens with zero attached hydrogens (tertiary/aromatic N) is 1. The summed E-state index contributed by atoms with van der Waals surface area (Å²) in [6, 6.07) is 7.49. The largest absolute Gasteiger partial charge is 0.398 e. The van der Waals surface area contributed by atoms with E-state index in [4.69, 9.17) is 11.6 Å². The van der Waals surface area contributed by atoms with Crippen LogP contribution in [0, 0.1) is 0 Å². The zero-order chi connectivity index (χ0) is 8.27. The van der Waals surface area contributed by atoms with Crippen LogP contribution in [0.2, 0.25) is 0 Å². The molecule has 0 fully saturated rings. The monoisotopic (exact) mass is 149 g/mol. The fraction of sp³-hybridized carbons (Fsp3) is 0.125. The van der Waals surface area contributed by atoms with E-state index in [1.807, 2.05) is 31.2 Å². The number of nitrogen functional groups attached to an aromatic ring is 1. The first-order chi connectivity index (χ1) is 5.25. The van der Waals surface area contributed by atoms with Gasteiger partial charge in [-0.25, -0.2) is 0 Å². The van der Waals surface area contributed by atoms with Gasteiger partial charge in [-0.15, -0.1) is 0 Å². The van der Waals surface area contributed by atoms with Crippen molar-refractivity contribution in [2.45, 2.75) is 6.92 Å². The van der Waals surface area contributed by atoms with Crippen molar-refractivity contribution in [3.63, 3.8) is 0 Å². The molecule has 0 saturated heterocycles. The fourth-order valence-corrected chi connectivity index (χ4v) is 0.896. The SMILES string of the molecule is CC(=NN)c1ccccc1N. The molecule has 0 bridgehead atoms. The molecule has 1 aromatic rings. The minimum absolute atomic E-state index is 0.708. The molecule has 3 nitrogen and oxygen atoms in total. The first-order valence-corrected chi connectivity index (χ1v) is 3.35. The summed E-state index contributed by atoms with van der Waals surface area (Å²) >= 11 is 0. The number of hydrogen-bond acceptors (Lipinski definition) is 3. The van der Waals surface area contributed by atoms with E-state index < -0.39 is 0 Å². The molecule has 0 aliphatic carbocycles.